The summed E-state index contributed by atoms with van der Waals surface area (Å²) in [5.74, 6) is -1.33. The first-order valence-electron chi connectivity index (χ1n) is 7.57. The molecule has 0 aromatic carbocycles. The molecule has 2 rings (SSSR count). The van der Waals surface area contributed by atoms with Gasteiger partial charge < -0.3 is 14.2 Å². The second-order valence-electron chi connectivity index (χ2n) is 5.74. The van der Waals surface area contributed by atoms with Crippen LogP contribution in [0.5, 0.6) is 0 Å². The fraction of sp³-hybridized carbons (Fsp3) is 0.933. The molecule has 2 fully saturated rings. The molecule has 2 aliphatic rings. The summed E-state index contributed by atoms with van der Waals surface area (Å²) in [5, 5.41) is 0. The van der Waals surface area contributed by atoms with E-state index in [2.05, 4.69) is 0 Å². The Bertz CT molecular complexity index is 305. The number of ether oxygens (including phenoxy) is 3. The minimum Gasteiger partial charge on any atom is -0.465 e. The minimum absolute atomic E-state index is 0.192. The molecular formula is C15H26O4. The van der Waals surface area contributed by atoms with Gasteiger partial charge in [0, 0.05) is 13.5 Å². The number of cyclic esters (lactones) is 1. The molecule has 19 heavy (non-hydrogen) atoms. The van der Waals surface area contributed by atoms with Crippen LogP contribution in [0.15, 0.2) is 0 Å². The average molecular weight is 270 g/mol. The van der Waals surface area contributed by atoms with E-state index in [4.69, 9.17) is 14.2 Å². The van der Waals surface area contributed by atoms with Crippen molar-refractivity contribution in [3.63, 3.8) is 0 Å². The van der Waals surface area contributed by atoms with Gasteiger partial charge in [0.05, 0.1) is 12.7 Å². The molecule has 0 spiro atoms. The van der Waals surface area contributed by atoms with Gasteiger partial charge in [-0.25, -0.2) is 0 Å². The molecule has 0 aliphatic carbocycles. The Morgan fingerprint density at radius 2 is 1.89 bits per heavy atom. The van der Waals surface area contributed by atoms with Crippen LogP contribution < -0.4 is 0 Å². The highest BCUT2D eigenvalue weighted by Crippen LogP contribution is 2.38. The Balaban J connectivity index is 2.12. The first-order valence-corrected chi connectivity index (χ1v) is 7.57. The second-order valence-corrected chi connectivity index (χ2v) is 5.74. The van der Waals surface area contributed by atoms with Crippen molar-refractivity contribution in [3.05, 3.63) is 0 Å². The zero-order valence-electron chi connectivity index (χ0n) is 12.2. The molecule has 3 atom stereocenters. The first kappa shape index (κ1) is 14.8. The standard InChI is InChI=1S/C15H26O4/c1-12-14(16)18-11-6-4-3-5-8-13-9-7-10-15(12,17-2)19-13/h12-13H,3-11H2,1-2H3/t12?,13-,15-/m0/s1. The Kier molecular flexibility index (Phi) is 5.22. The molecule has 0 aromatic heterocycles. The van der Waals surface area contributed by atoms with E-state index in [-0.39, 0.29) is 18.0 Å². The lowest BCUT2D eigenvalue weighted by Gasteiger charge is -2.43. The van der Waals surface area contributed by atoms with Crippen LogP contribution in [0.1, 0.15) is 58.3 Å². The third kappa shape index (κ3) is 3.48. The van der Waals surface area contributed by atoms with E-state index in [1.165, 1.54) is 12.8 Å². The summed E-state index contributed by atoms with van der Waals surface area (Å²) in [6.45, 7) is 2.38. The van der Waals surface area contributed by atoms with E-state index in [1.807, 2.05) is 6.92 Å². The number of rotatable bonds is 1. The van der Waals surface area contributed by atoms with Gasteiger partial charge in [0.2, 0.25) is 0 Å². The van der Waals surface area contributed by atoms with Crippen LogP contribution in [0.25, 0.3) is 0 Å². The van der Waals surface area contributed by atoms with Gasteiger partial charge in [0.1, 0.15) is 5.92 Å². The van der Waals surface area contributed by atoms with E-state index < -0.39 is 5.79 Å². The topological polar surface area (TPSA) is 44.8 Å². The fourth-order valence-corrected chi connectivity index (χ4v) is 3.13. The summed E-state index contributed by atoms with van der Waals surface area (Å²) in [7, 11) is 1.64. The summed E-state index contributed by atoms with van der Waals surface area (Å²) in [5.41, 5.74) is 0. The molecule has 1 unspecified atom stereocenters. The number of fused-ring (bicyclic) bond motifs is 2. The number of carbonyl (C=O) groups excluding carboxylic acids is 1. The quantitative estimate of drug-likeness (QED) is 0.687. The van der Waals surface area contributed by atoms with Crippen molar-refractivity contribution in [2.75, 3.05) is 13.7 Å². The van der Waals surface area contributed by atoms with Crippen molar-refractivity contribution in [3.8, 4) is 0 Å². The smallest absolute Gasteiger partial charge is 0.314 e. The Labute approximate surface area is 115 Å². The lowest BCUT2D eigenvalue weighted by atomic mass is 9.89. The number of methoxy groups -OCH3 is 1. The molecule has 2 aliphatic heterocycles. The Morgan fingerprint density at radius 3 is 2.68 bits per heavy atom. The number of carbonyl (C=O) groups is 1. The maximum Gasteiger partial charge on any atom is 0.314 e. The van der Waals surface area contributed by atoms with Gasteiger partial charge in [-0.15, -0.1) is 0 Å². The lowest BCUT2D eigenvalue weighted by molar-refractivity contribution is -0.292. The lowest BCUT2D eigenvalue weighted by Crippen LogP contribution is -2.50. The van der Waals surface area contributed by atoms with Crippen molar-refractivity contribution in [2.45, 2.75) is 70.2 Å². The van der Waals surface area contributed by atoms with Crippen molar-refractivity contribution in [2.24, 2.45) is 5.92 Å². The predicted molar refractivity (Wildman–Crippen MR) is 71.7 cm³/mol. The Hall–Kier alpha value is -0.610. The average Bonchev–Trinajstić information content (AvgIpc) is 2.44. The summed E-state index contributed by atoms with van der Waals surface area (Å²) in [6, 6.07) is 0. The maximum absolute atomic E-state index is 12.1. The highest BCUT2D eigenvalue weighted by Gasteiger charge is 2.46. The Morgan fingerprint density at radius 1 is 1.16 bits per heavy atom. The van der Waals surface area contributed by atoms with Gasteiger partial charge in [-0.1, -0.05) is 19.3 Å². The van der Waals surface area contributed by atoms with Crippen LogP contribution in [0, 0.1) is 5.92 Å². The summed E-state index contributed by atoms with van der Waals surface area (Å²) in [4.78, 5) is 12.1. The largest absolute Gasteiger partial charge is 0.465 e. The molecular weight excluding hydrogens is 244 g/mol. The predicted octanol–water partition coefficient (Wildman–Crippen LogP) is 3.04. The molecule has 2 saturated heterocycles. The van der Waals surface area contributed by atoms with Crippen LogP contribution in [0.4, 0.5) is 0 Å². The van der Waals surface area contributed by atoms with Crippen molar-refractivity contribution >= 4 is 5.97 Å². The van der Waals surface area contributed by atoms with Crippen LogP contribution in [-0.2, 0) is 19.0 Å². The van der Waals surface area contributed by atoms with Crippen molar-refractivity contribution < 1.29 is 19.0 Å². The highest BCUT2D eigenvalue weighted by atomic mass is 16.7. The molecule has 0 saturated carbocycles. The highest BCUT2D eigenvalue weighted by molar-refractivity contribution is 5.73. The molecule has 0 amide bonds. The number of hydrogen-bond donors (Lipinski definition) is 0. The summed E-state index contributed by atoms with van der Waals surface area (Å²) < 4.78 is 17.1. The molecule has 0 aromatic rings. The third-order valence-corrected chi connectivity index (χ3v) is 4.44. The van der Waals surface area contributed by atoms with Crippen LogP contribution >= 0.6 is 0 Å². The summed E-state index contributed by atoms with van der Waals surface area (Å²) >= 11 is 0. The molecule has 2 heterocycles. The molecule has 0 radical (unpaired) electrons. The van der Waals surface area contributed by atoms with Gasteiger partial charge in [-0.2, -0.15) is 0 Å². The normalized spacial score (nSPS) is 37.9. The van der Waals surface area contributed by atoms with Gasteiger partial charge in [-0.05, 0) is 32.6 Å². The zero-order chi connectivity index (χ0) is 13.7. The molecule has 4 nitrogen and oxygen atoms in total. The van der Waals surface area contributed by atoms with Crippen LogP contribution in [0.3, 0.4) is 0 Å². The van der Waals surface area contributed by atoms with Gasteiger partial charge in [0.25, 0.3) is 0 Å². The van der Waals surface area contributed by atoms with Crippen molar-refractivity contribution in [1.82, 2.24) is 0 Å². The molecule has 110 valence electrons. The van der Waals surface area contributed by atoms with E-state index in [0.717, 1.165) is 38.5 Å². The van der Waals surface area contributed by atoms with E-state index in [1.54, 1.807) is 7.11 Å². The van der Waals surface area contributed by atoms with Crippen LogP contribution in [0.2, 0.25) is 0 Å². The maximum atomic E-state index is 12.1. The van der Waals surface area contributed by atoms with Gasteiger partial charge >= 0.3 is 5.97 Å². The second kappa shape index (κ2) is 6.71. The third-order valence-electron chi connectivity index (χ3n) is 4.44. The molecule has 2 bridgehead atoms. The van der Waals surface area contributed by atoms with E-state index in [9.17, 15) is 4.79 Å². The van der Waals surface area contributed by atoms with Crippen LogP contribution in [-0.4, -0.2) is 31.6 Å². The minimum atomic E-state index is -0.779. The van der Waals surface area contributed by atoms with Gasteiger partial charge in [0.15, 0.2) is 5.79 Å². The first-order chi connectivity index (χ1) is 9.18. The van der Waals surface area contributed by atoms with Gasteiger partial charge in [-0.3, -0.25) is 4.79 Å². The molecule has 0 N–H and O–H groups in total. The fourth-order valence-electron chi connectivity index (χ4n) is 3.13. The number of esters is 1. The van der Waals surface area contributed by atoms with E-state index in [0.29, 0.717) is 6.61 Å². The van der Waals surface area contributed by atoms with Crippen molar-refractivity contribution in [1.29, 1.82) is 0 Å². The van der Waals surface area contributed by atoms with E-state index >= 15 is 0 Å². The number of hydrogen-bond acceptors (Lipinski definition) is 4. The summed E-state index contributed by atoms with van der Waals surface area (Å²) in [6.07, 6.45) is 8.67. The SMILES string of the molecule is CO[C@]12CCC[C@H](CCCCCCOC(=O)C1C)O2. The molecule has 4 heteroatoms. The monoisotopic (exact) mass is 270 g/mol. The zero-order valence-corrected chi connectivity index (χ0v) is 12.2.